The average molecular weight is 318 g/mol. The minimum absolute atomic E-state index is 0.256. The zero-order valence-electron chi connectivity index (χ0n) is 12.9. The fraction of sp³-hybridized carbons (Fsp3) is 0.0588. The second-order valence-corrected chi connectivity index (χ2v) is 5.39. The Hall–Kier alpha value is -3.48. The molecule has 4 aromatic rings. The molecule has 2 aromatic heterocycles. The third kappa shape index (κ3) is 2.52. The van der Waals surface area contributed by atoms with Crippen LogP contribution in [0.5, 0.6) is 0 Å². The highest BCUT2D eigenvalue weighted by atomic mass is 16.1. The van der Waals surface area contributed by atoms with Gasteiger partial charge >= 0.3 is 0 Å². The number of aryl methyl sites for hydroxylation is 1. The van der Waals surface area contributed by atoms with Crippen LogP contribution in [0.2, 0.25) is 0 Å². The third-order valence-electron chi connectivity index (χ3n) is 3.68. The van der Waals surface area contributed by atoms with Gasteiger partial charge in [-0.05, 0) is 37.3 Å². The number of aromatic amines is 2. The fourth-order valence-corrected chi connectivity index (χ4v) is 2.50. The second-order valence-electron chi connectivity index (χ2n) is 5.39. The maximum Gasteiger partial charge on any atom is 0.276 e. The van der Waals surface area contributed by atoms with Crippen molar-refractivity contribution in [2.24, 2.45) is 0 Å². The van der Waals surface area contributed by atoms with Crippen molar-refractivity contribution in [3.05, 3.63) is 60.0 Å². The Labute approximate surface area is 137 Å². The maximum atomic E-state index is 12.4. The van der Waals surface area contributed by atoms with E-state index >= 15 is 0 Å². The molecule has 0 aliphatic rings. The van der Waals surface area contributed by atoms with Gasteiger partial charge in [-0.2, -0.15) is 10.2 Å². The Kier molecular flexibility index (Phi) is 3.31. The SMILES string of the molecule is Cc1nc(-c2ccc(NC(=O)c3n[nH]c4ccccc34)cc2)n[nH]1. The van der Waals surface area contributed by atoms with Crippen LogP contribution in [0.3, 0.4) is 0 Å². The highest BCUT2D eigenvalue weighted by Gasteiger charge is 2.14. The van der Waals surface area contributed by atoms with Gasteiger partial charge in [0, 0.05) is 16.6 Å². The van der Waals surface area contributed by atoms with Gasteiger partial charge in [0.05, 0.1) is 5.52 Å². The number of carbonyl (C=O) groups is 1. The van der Waals surface area contributed by atoms with Gasteiger partial charge in [0.2, 0.25) is 0 Å². The summed E-state index contributed by atoms with van der Waals surface area (Å²) in [7, 11) is 0. The van der Waals surface area contributed by atoms with E-state index < -0.39 is 0 Å². The molecule has 7 heteroatoms. The predicted molar refractivity (Wildman–Crippen MR) is 90.6 cm³/mol. The molecule has 4 rings (SSSR count). The Morgan fingerprint density at radius 3 is 2.54 bits per heavy atom. The first kappa shape index (κ1) is 14.1. The van der Waals surface area contributed by atoms with E-state index in [1.807, 2.05) is 55.5 Å². The molecule has 2 heterocycles. The van der Waals surface area contributed by atoms with Crippen LogP contribution in [0.15, 0.2) is 48.5 Å². The molecular weight excluding hydrogens is 304 g/mol. The van der Waals surface area contributed by atoms with Crippen LogP contribution < -0.4 is 5.32 Å². The lowest BCUT2D eigenvalue weighted by atomic mass is 10.2. The van der Waals surface area contributed by atoms with Gasteiger partial charge in [-0.25, -0.2) is 4.98 Å². The molecule has 0 saturated carbocycles. The molecule has 1 amide bonds. The van der Waals surface area contributed by atoms with Crippen LogP contribution in [-0.4, -0.2) is 31.3 Å². The van der Waals surface area contributed by atoms with Crippen LogP contribution in [0, 0.1) is 6.92 Å². The summed E-state index contributed by atoms with van der Waals surface area (Å²) in [6.07, 6.45) is 0. The number of benzene rings is 2. The number of fused-ring (bicyclic) bond motifs is 1. The van der Waals surface area contributed by atoms with Crippen molar-refractivity contribution in [1.82, 2.24) is 25.4 Å². The van der Waals surface area contributed by atoms with Crippen LogP contribution in [0.25, 0.3) is 22.3 Å². The highest BCUT2D eigenvalue weighted by molar-refractivity contribution is 6.11. The molecule has 0 spiro atoms. The van der Waals surface area contributed by atoms with Gasteiger partial charge in [0.1, 0.15) is 5.82 Å². The van der Waals surface area contributed by atoms with E-state index in [1.165, 1.54) is 0 Å². The van der Waals surface area contributed by atoms with E-state index in [4.69, 9.17) is 0 Å². The average Bonchev–Trinajstić information content (AvgIpc) is 3.22. The van der Waals surface area contributed by atoms with Crippen LogP contribution in [0.4, 0.5) is 5.69 Å². The quantitative estimate of drug-likeness (QED) is 0.541. The van der Waals surface area contributed by atoms with E-state index in [2.05, 4.69) is 30.7 Å². The van der Waals surface area contributed by atoms with Crippen molar-refractivity contribution in [2.45, 2.75) is 6.92 Å². The van der Waals surface area contributed by atoms with E-state index in [9.17, 15) is 4.79 Å². The summed E-state index contributed by atoms with van der Waals surface area (Å²) < 4.78 is 0. The molecule has 0 bridgehead atoms. The van der Waals surface area contributed by atoms with Crippen LogP contribution >= 0.6 is 0 Å². The van der Waals surface area contributed by atoms with E-state index in [0.717, 1.165) is 22.3 Å². The number of H-pyrrole nitrogens is 2. The minimum Gasteiger partial charge on any atom is -0.321 e. The molecule has 0 aliphatic heterocycles. The first-order valence-corrected chi connectivity index (χ1v) is 7.44. The smallest absolute Gasteiger partial charge is 0.276 e. The van der Waals surface area contributed by atoms with Crippen molar-refractivity contribution >= 4 is 22.5 Å². The zero-order valence-corrected chi connectivity index (χ0v) is 12.9. The normalized spacial score (nSPS) is 10.9. The monoisotopic (exact) mass is 318 g/mol. The molecule has 0 fully saturated rings. The number of nitrogens with one attached hydrogen (secondary N) is 3. The summed E-state index contributed by atoms with van der Waals surface area (Å²) in [6, 6.07) is 14.9. The van der Waals surface area contributed by atoms with Crippen LogP contribution in [0.1, 0.15) is 16.3 Å². The fourth-order valence-electron chi connectivity index (χ4n) is 2.50. The van der Waals surface area contributed by atoms with E-state index in [-0.39, 0.29) is 5.91 Å². The molecule has 7 nitrogen and oxygen atoms in total. The largest absolute Gasteiger partial charge is 0.321 e. The van der Waals surface area contributed by atoms with E-state index in [1.54, 1.807) is 0 Å². The summed E-state index contributed by atoms with van der Waals surface area (Å²) in [4.78, 5) is 16.7. The topological polar surface area (TPSA) is 99.3 Å². The lowest BCUT2D eigenvalue weighted by Crippen LogP contribution is -2.12. The second kappa shape index (κ2) is 5.62. The molecule has 24 heavy (non-hydrogen) atoms. The minimum atomic E-state index is -0.256. The number of nitrogens with zero attached hydrogens (tertiary/aromatic N) is 3. The summed E-state index contributed by atoms with van der Waals surface area (Å²) in [5, 5.41) is 17.5. The first-order chi connectivity index (χ1) is 11.7. The third-order valence-corrected chi connectivity index (χ3v) is 3.68. The number of hydrogen-bond donors (Lipinski definition) is 3. The molecule has 0 atom stereocenters. The molecule has 3 N–H and O–H groups in total. The Morgan fingerprint density at radius 1 is 1.00 bits per heavy atom. The molecule has 0 unspecified atom stereocenters. The first-order valence-electron chi connectivity index (χ1n) is 7.44. The number of para-hydroxylation sites is 1. The lowest BCUT2D eigenvalue weighted by Gasteiger charge is -2.04. The Balaban J connectivity index is 1.56. The number of carbonyl (C=O) groups excluding carboxylic acids is 1. The zero-order chi connectivity index (χ0) is 16.5. The van der Waals surface area contributed by atoms with Gasteiger partial charge in [0.25, 0.3) is 5.91 Å². The van der Waals surface area contributed by atoms with Crippen LogP contribution in [-0.2, 0) is 0 Å². The standard InChI is InChI=1S/C17H14N6O/c1-10-18-16(23-20-10)11-6-8-12(9-7-11)19-17(24)15-13-4-2-3-5-14(13)21-22-15/h2-9H,1H3,(H,19,24)(H,21,22)(H,18,20,23). The van der Waals surface area contributed by atoms with Gasteiger partial charge in [0.15, 0.2) is 11.5 Å². The van der Waals surface area contributed by atoms with Crippen molar-refractivity contribution < 1.29 is 4.79 Å². The number of rotatable bonds is 3. The molecule has 0 aliphatic carbocycles. The van der Waals surface area contributed by atoms with Gasteiger partial charge in [-0.15, -0.1) is 0 Å². The molecule has 0 saturated heterocycles. The van der Waals surface area contributed by atoms with Gasteiger partial charge in [-0.3, -0.25) is 15.0 Å². The van der Waals surface area contributed by atoms with Crippen molar-refractivity contribution in [3.8, 4) is 11.4 Å². The Bertz CT molecular complexity index is 1010. The van der Waals surface area contributed by atoms with Crippen molar-refractivity contribution in [1.29, 1.82) is 0 Å². The lowest BCUT2D eigenvalue weighted by molar-refractivity contribution is 0.102. The predicted octanol–water partition coefficient (Wildman–Crippen LogP) is 2.91. The Morgan fingerprint density at radius 2 is 1.79 bits per heavy atom. The summed E-state index contributed by atoms with van der Waals surface area (Å²) >= 11 is 0. The number of amides is 1. The summed E-state index contributed by atoms with van der Waals surface area (Å²) in [5.41, 5.74) is 2.77. The number of anilines is 1. The highest BCUT2D eigenvalue weighted by Crippen LogP contribution is 2.20. The van der Waals surface area contributed by atoms with Gasteiger partial charge < -0.3 is 5.32 Å². The molecule has 118 valence electrons. The number of hydrogen-bond acceptors (Lipinski definition) is 4. The van der Waals surface area contributed by atoms with E-state index in [0.29, 0.717) is 17.2 Å². The maximum absolute atomic E-state index is 12.4. The number of aromatic nitrogens is 5. The van der Waals surface area contributed by atoms with Gasteiger partial charge in [-0.1, -0.05) is 18.2 Å². The molecule has 2 aromatic carbocycles. The summed E-state index contributed by atoms with van der Waals surface area (Å²) in [5.74, 6) is 1.13. The molecular formula is C17H14N6O. The molecule has 0 radical (unpaired) electrons. The van der Waals surface area contributed by atoms with Crippen molar-refractivity contribution in [3.63, 3.8) is 0 Å². The summed E-state index contributed by atoms with van der Waals surface area (Å²) in [6.45, 7) is 1.85. The van der Waals surface area contributed by atoms with Crippen molar-refractivity contribution in [2.75, 3.05) is 5.32 Å².